The smallest absolute Gasteiger partial charge is 0.285 e. The molecular weight excluding hydrogens is 92.1 g/mol. The van der Waals surface area contributed by atoms with E-state index in [0.29, 0.717) is 0 Å². The summed E-state index contributed by atoms with van der Waals surface area (Å²) in [5.74, 6) is 2.52. The lowest BCUT2D eigenvalue weighted by molar-refractivity contribution is 0.600. The molecule has 0 unspecified atom stereocenters. The van der Waals surface area contributed by atoms with Gasteiger partial charge in [-0.3, -0.25) is 0 Å². The molecule has 1 aliphatic heterocycles. The van der Waals surface area contributed by atoms with E-state index in [2.05, 4.69) is 9.97 Å². The number of aromatic nitrogens is 2. The predicted octanol–water partition coefficient (Wildman–Crippen LogP) is 0.824. The Labute approximate surface area is 40.3 Å². The van der Waals surface area contributed by atoms with Crippen molar-refractivity contribution in [3.05, 3.63) is 5.82 Å². The van der Waals surface area contributed by atoms with Gasteiger partial charge in [-0.15, -0.1) is 0 Å². The molecule has 36 valence electrons. The van der Waals surface area contributed by atoms with Crippen molar-refractivity contribution in [3.8, 4) is 11.8 Å². The highest BCUT2D eigenvalue weighted by atomic mass is 16.6. The van der Waals surface area contributed by atoms with Crippen LogP contribution in [0.3, 0.4) is 0 Å². The maximum absolute atomic E-state index is 4.76. The van der Waals surface area contributed by atoms with E-state index in [-0.39, 0.29) is 0 Å². The largest absolute Gasteiger partial charge is 0.412 e. The second-order valence-electron chi connectivity index (χ2n) is 1.56. The van der Waals surface area contributed by atoms with E-state index in [1.807, 2.05) is 6.92 Å². The molecule has 2 rings (SSSR count). The second-order valence-corrected chi connectivity index (χ2v) is 1.56. The van der Waals surface area contributed by atoms with Crippen molar-refractivity contribution in [1.82, 2.24) is 9.97 Å². The summed E-state index contributed by atoms with van der Waals surface area (Å²) in [7, 11) is 0. The number of imidazole rings is 1. The first-order chi connectivity index (χ1) is 3.36. The monoisotopic (exact) mass is 96.0 g/mol. The van der Waals surface area contributed by atoms with Gasteiger partial charge < -0.3 is 9.72 Å². The van der Waals surface area contributed by atoms with E-state index >= 15 is 0 Å². The molecule has 0 bridgehead atoms. The molecule has 0 fully saturated rings. The van der Waals surface area contributed by atoms with Crippen LogP contribution in [0.2, 0.25) is 0 Å². The molecule has 0 atom stereocenters. The molecule has 0 aliphatic carbocycles. The van der Waals surface area contributed by atoms with Crippen LogP contribution in [-0.4, -0.2) is 9.97 Å². The van der Waals surface area contributed by atoms with Crippen LogP contribution in [0.15, 0.2) is 0 Å². The number of nitrogens with zero attached hydrogens (tertiary/aromatic N) is 1. The Morgan fingerprint density at radius 2 is 2.57 bits per heavy atom. The molecule has 1 aromatic heterocycles. The fourth-order valence-electron chi connectivity index (χ4n) is 0.568. The summed E-state index contributed by atoms with van der Waals surface area (Å²) >= 11 is 0. The average Bonchev–Trinajstić information content (AvgIpc) is 2.15. The molecule has 0 amide bonds. The Kier molecular flexibility index (Phi) is 0.291. The number of nitrogens with one attached hydrogen (secondary N) is 1. The Morgan fingerprint density at radius 3 is 2.86 bits per heavy atom. The zero-order valence-corrected chi connectivity index (χ0v) is 3.86. The average molecular weight is 96.1 g/mol. The van der Waals surface area contributed by atoms with Crippen LogP contribution < -0.4 is 4.74 Å². The summed E-state index contributed by atoms with van der Waals surface area (Å²) < 4.78 is 4.76. The van der Waals surface area contributed by atoms with Gasteiger partial charge in [-0.25, -0.2) is 0 Å². The third-order valence-electron chi connectivity index (χ3n) is 0.915. The van der Waals surface area contributed by atoms with E-state index in [9.17, 15) is 0 Å². The first-order valence-corrected chi connectivity index (χ1v) is 2.11. The molecule has 1 N–H and O–H groups in total. The van der Waals surface area contributed by atoms with Gasteiger partial charge in [0, 0.05) is 0 Å². The van der Waals surface area contributed by atoms with Crippen molar-refractivity contribution < 1.29 is 4.74 Å². The summed E-state index contributed by atoms with van der Waals surface area (Å²) in [6.45, 7) is 1.90. The first-order valence-electron chi connectivity index (χ1n) is 2.11. The van der Waals surface area contributed by atoms with Gasteiger partial charge in [-0.2, -0.15) is 4.98 Å². The van der Waals surface area contributed by atoms with Crippen molar-refractivity contribution in [2.24, 2.45) is 0 Å². The van der Waals surface area contributed by atoms with Crippen LogP contribution in [-0.2, 0) is 0 Å². The van der Waals surface area contributed by atoms with Gasteiger partial charge in [-0.05, 0) is 6.92 Å². The topological polar surface area (TPSA) is 41.2 Å². The molecule has 3 nitrogen and oxygen atoms in total. The molecule has 0 saturated heterocycles. The summed E-state index contributed by atoms with van der Waals surface area (Å²) in [6.07, 6.45) is 0. The number of H-pyrrole nitrogens is 1. The third kappa shape index (κ3) is 0.268. The van der Waals surface area contributed by atoms with Gasteiger partial charge in [0.2, 0.25) is 0 Å². The fraction of sp³-hybridized carbons (Fsp3) is 0.250. The van der Waals surface area contributed by atoms with Crippen LogP contribution >= 0.6 is 0 Å². The molecule has 0 saturated carbocycles. The minimum atomic E-state index is 0.762. The Hall–Kier alpha value is -0.990. The molecule has 2 heterocycles. The van der Waals surface area contributed by atoms with Gasteiger partial charge in [0.25, 0.3) is 11.8 Å². The standard InChI is InChI=1S/C4H4N2O/c1-2-5-3-4(6-2)7-3/h1H3,(H,5,6). The Balaban J connectivity index is 2.69. The van der Waals surface area contributed by atoms with Crippen molar-refractivity contribution in [2.75, 3.05) is 0 Å². The van der Waals surface area contributed by atoms with Gasteiger partial charge in [-0.1, -0.05) is 0 Å². The zero-order chi connectivity index (χ0) is 4.85. The van der Waals surface area contributed by atoms with Crippen LogP contribution in [0.4, 0.5) is 0 Å². The van der Waals surface area contributed by atoms with Gasteiger partial charge in [0.1, 0.15) is 5.82 Å². The highest BCUT2D eigenvalue weighted by Gasteiger charge is 2.24. The normalized spacial score (nSPS) is 12.7. The molecule has 0 aromatic carbocycles. The summed E-state index contributed by atoms with van der Waals surface area (Å²) in [6, 6.07) is 0. The number of aromatic amines is 1. The Morgan fingerprint density at radius 1 is 1.71 bits per heavy atom. The molecule has 0 spiro atoms. The van der Waals surface area contributed by atoms with Crippen molar-refractivity contribution >= 4 is 0 Å². The van der Waals surface area contributed by atoms with Gasteiger partial charge in [0.05, 0.1) is 0 Å². The van der Waals surface area contributed by atoms with Crippen molar-refractivity contribution in [1.29, 1.82) is 0 Å². The number of aryl methyl sites for hydroxylation is 1. The van der Waals surface area contributed by atoms with E-state index in [1.165, 1.54) is 0 Å². The van der Waals surface area contributed by atoms with E-state index in [1.54, 1.807) is 0 Å². The maximum Gasteiger partial charge on any atom is 0.285 e. The second kappa shape index (κ2) is 0.665. The summed E-state index contributed by atoms with van der Waals surface area (Å²) in [5, 5.41) is 0. The van der Waals surface area contributed by atoms with E-state index in [0.717, 1.165) is 17.6 Å². The molecule has 7 heavy (non-hydrogen) atoms. The molecule has 1 aromatic rings. The number of ether oxygens (including phenoxy) is 1. The number of rotatable bonds is 0. The van der Waals surface area contributed by atoms with E-state index in [4.69, 9.17) is 4.74 Å². The summed E-state index contributed by atoms with van der Waals surface area (Å²) in [4.78, 5) is 6.82. The van der Waals surface area contributed by atoms with E-state index < -0.39 is 0 Å². The highest BCUT2D eigenvalue weighted by Crippen LogP contribution is 2.40. The number of hydrogen-bond acceptors (Lipinski definition) is 2. The predicted molar refractivity (Wildman–Crippen MR) is 23.4 cm³/mol. The zero-order valence-electron chi connectivity index (χ0n) is 3.86. The lowest BCUT2D eigenvalue weighted by Crippen LogP contribution is -1.74. The molecule has 0 radical (unpaired) electrons. The van der Waals surface area contributed by atoms with Crippen LogP contribution in [0.25, 0.3) is 0 Å². The van der Waals surface area contributed by atoms with Gasteiger partial charge in [0.15, 0.2) is 0 Å². The first kappa shape index (κ1) is 3.07. The quantitative estimate of drug-likeness (QED) is 0.493. The van der Waals surface area contributed by atoms with Crippen molar-refractivity contribution in [3.63, 3.8) is 0 Å². The molecule has 1 aliphatic rings. The van der Waals surface area contributed by atoms with Gasteiger partial charge >= 0.3 is 0 Å². The Bertz CT molecular complexity index is 182. The fourth-order valence-corrected chi connectivity index (χ4v) is 0.568. The molecule has 3 heteroatoms. The summed E-state index contributed by atoms with van der Waals surface area (Å²) in [5.41, 5.74) is 0. The molecular formula is C4H4N2O. The van der Waals surface area contributed by atoms with Crippen LogP contribution in [0.1, 0.15) is 5.82 Å². The minimum absolute atomic E-state index is 0.762. The van der Waals surface area contributed by atoms with Crippen LogP contribution in [0.5, 0.6) is 11.8 Å². The number of fused-ring (bicyclic) bond motifs is 1. The third-order valence-corrected chi connectivity index (χ3v) is 0.915. The SMILES string of the molecule is Cc1nc2c([nH]1)O2. The highest BCUT2D eigenvalue weighted by molar-refractivity contribution is 5.42. The lowest BCUT2D eigenvalue weighted by Gasteiger charge is -1.76. The lowest BCUT2D eigenvalue weighted by atomic mass is 10.8. The number of hydrogen-bond donors (Lipinski definition) is 1. The van der Waals surface area contributed by atoms with Crippen LogP contribution in [0, 0.1) is 6.92 Å². The van der Waals surface area contributed by atoms with Crippen molar-refractivity contribution in [2.45, 2.75) is 6.92 Å². The minimum Gasteiger partial charge on any atom is -0.412 e. The maximum atomic E-state index is 4.76.